The molecule has 5 aromatic rings. The summed E-state index contributed by atoms with van der Waals surface area (Å²) in [5, 5.41) is 7.58. The fourth-order valence-electron chi connectivity index (χ4n) is 3.88. The van der Waals surface area contributed by atoms with E-state index in [4.69, 9.17) is 23.2 Å². The molecule has 0 unspecified atom stereocenters. The van der Waals surface area contributed by atoms with Crippen molar-refractivity contribution >= 4 is 67.0 Å². The van der Waals surface area contributed by atoms with Crippen LogP contribution < -0.4 is 5.43 Å². The number of nitrogens with one attached hydrogen (secondary N) is 1. The van der Waals surface area contributed by atoms with Gasteiger partial charge in [0.2, 0.25) is 5.13 Å². The van der Waals surface area contributed by atoms with Gasteiger partial charge in [-0.2, -0.15) is 5.10 Å². The molecule has 0 aliphatic rings. The van der Waals surface area contributed by atoms with Crippen LogP contribution in [0.3, 0.4) is 0 Å². The van der Waals surface area contributed by atoms with Gasteiger partial charge in [0.25, 0.3) is 0 Å². The minimum atomic E-state index is 0.564. The Morgan fingerprint density at radius 3 is 2.69 bits per heavy atom. The maximum Gasteiger partial charge on any atom is 0.204 e. The summed E-state index contributed by atoms with van der Waals surface area (Å²) in [5.41, 5.74) is 9.73. The van der Waals surface area contributed by atoms with E-state index < -0.39 is 0 Å². The van der Waals surface area contributed by atoms with Crippen molar-refractivity contribution in [1.82, 2.24) is 9.55 Å². The lowest BCUT2D eigenvalue weighted by Gasteiger charge is -2.10. The van der Waals surface area contributed by atoms with Crippen LogP contribution >= 0.6 is 34.5 Å². The second-order valence-corrected chi connectivity index (χ2v) is 9.56. The van der Waals surface area contributed by atoms with Crippen LogP contribution in [0.4, 0.5) is 5.13 Å². The average Bonchev–Trinajstić information content (AvgIpc) is 3.30. The van der Waals surface area contributed by atoms with E-state index in [1.165, 1.54) is 5.56 Å². The molecule has 4 nitrogen and oxygen atoms in total. The zero-order chi connectivity index (χ0) is 22.2. The van der Waals surface area contributed by atoms with Crippen molar-refractivity contribution in [1.29, 1.82) is 0 Å². The van der Waals surface area contributed by atoms with Crippen molar-refractivity contribution < 1.29 is 0 Å². The van der Waals surface area contributed by atoms with Crippen LogP contribution in [-0.4, -0.2) is 15.8 Å². The van der Waals surface area contributed by atoms with Gasteiger partial charge in [-0.15, -0.1) is 0 Å². The largest absolute Gasteiger partial charge is 0.340 e. The second kappa shape index (κ2) is 8.58. The number of anilines is 1. The SMILES string of the molecule is Cc1ccc2c(c1)c(/C=N\Nc1nc3ccccc3s1)c(C)n2Cc1ccc(Cl)c(Cl)c1. The van der Waals surface area contributed by atoms with E-state index in [1.54, 1.807) is 11.3 Å². The average molecular weight is 479 g/mol. The Labute approximate surface area is 200 Å². The summed E-state index contributed by atoms with van der Waals surface area (Å²) < 4.78 is 3.42. The number of hydrogen-bond acceptors (Lipinski definition) is 4. The number of rotatable bonds is 5. The normalized spacial score (nSPS) is 11.8. The van der Waals surface area contributed by atoms with Gasteiger partial charge in [-0.05, 0) is 55.8 Å². The van der Waals surface area contributed by atoms with Crippen LogP contribution in [0.25, 0.3) is 21.1 Å². The number of fused-ring (bicyclic) bond motifs is 2. The summed E-state index contributed by atoms with van der Waals surface area (Å²) in [4.78, 5) is 4.58. The zero-order valence-corrected chi connectivity index (χ0v) is 19.9. The van der Waals surface area contributed by atoms with Gasteiger partial charge in [0.15, 0.2) is 0 Å². The van der Waals surface area contributed by atoms with E-state index in [2.05, 4.69) is 58.2 Å². The summed E-state index contributed by atoms with van der Waals surface area (Å²) in [6.45, 7) is 4.92. The predicted octanol–water partition coefficient (Wildman–Crippen LogP) is 7.67. The van der Waals surface area contributed by atoms with E-state index in [1.807, 2.05) is 42.6 Å². The number of nitrogens with zero attached hydrogens (tertiary/aromatic N) is 3. The van der Waals surface area contributed by atoms with Gasteiger partial charge in [-0.25, -0.2) is 4.98 Å². The van der Waals surface area contributed by atoms with Gasteiger partial charge >= 0.3 is 0 Å². The maximum atomic E-state index is 6.24. The van der Waals surface area contributed by atoms with Crippen LogP contribution in [-0.2, 0) is 6.54 Å². The van der Waals surface area contributed by atoms with E-state index in [-0.39, 0.29) is 0 Å². The summed E-state index contributed by atoms with van der Waals surface area (Å²) in [6, 6.07) is 20.3. The highest BCUT2D eigenvalue weighted by Gasteiger charge is 2.14. The molecule has 160 valence electrons. The Kier molecular flexibility index (Phi) is 5.64. The first-order chi connectivity index (χ1) is 15.5. The Balaban J connectivity index is 1.50. The third kappa shape index (κ3) is 3.99. The van der Waals surface area contributed by atoms with Gasteiger partial charge in [0, 0.05) is 28.7 Å². The molecule has 7 heteroatoms. The molecule has 0 spiro atoms. The Morgan fingerprint density at radius 1 is 1.03 bits per heavy atom. The Morgan fingerprint density at radius 2 is 1.88 bits per heavy atom. The summed E-state index contributed by atoms with van der Waals surface area (Å²) in [7, 11) is 0. The van der Waals surface area contributed by atoms with Crippen molar-refractivity contribution in [3.8, 4) is 0 Å². The smallest absolute Gasteiger partial charge is 0.204 e. The number of hydrogen-bond donors (Lipinski definition) is 1. The molecule has 1 N–H and O–H groups in total. The van der Waals surface area contributed by atoms with Crippen molar-refractivity contribution in [3.05, 3.63) is 93.1 Å². The molecule has 0 aliphatic carbocycles. The highest BCUT2D eigenvalue weighted by atomic mass is 35.5. The molecule has 0 amide bonds. The monoisotopic (exact) mass is 478 g/mol. The number of benzene rings is 3. The van der Waals surface area contributed by atoms with Crippen molar-refractivity contribution in [2.45, 2.75) is 20.4 Å². The predicted molar refractivity (Wildman–Crippen MR) is 138 cm³/mol. The topological polar surface area (TPSA) is 42.2 Å². The molecule has 0 bridgehead atoms. The van der Waals surface area contributed by atoms with Gasteiger partial charge in [0.05, 0.1) is 26.5 Å². The van der Waals surface area contributed by atoms with E-state index in [0.29, 0.717) is 16.6 Å². The third-order valence-electron chi connectivity index (χ3n) is 5.50. The van der Waals surface area contributed by atoms with Crippen LogP contribution in [0.5, 0.6) is 0 Å². The minimum absolute atomic E-state index is 0.564. The lowest BCUT2D eigenvalue weighted by molar-refractivity contribution is 0.804. The molecule has 0 radical (unpaired) electrons. The van der Waals surface area contributed by atoms with Gasteiger partial charge < -0.3 is 4.57 Å². The lowest BCUT2D eigenvalue weighted by atomic mass is 10.1. The molecule has 5 rings (SSSR count). The fourth-order valence-corrected chi connectivity index (χ4v) is 5.02. The summed E-state index contributed by atoms with van der Waals surface area (Å²) in [6.07, 6.45) is 1.88. The molecule has 2 heterocycles. The highest BCUT2D eigenvalue weighted by molar-refractivity contribution is 7.22. The number of halogens is 2. The van der Waals surface area contributed by atoms with Gasteiger partial charge in [-0.1, -0.05) is 64.4 Å². The number of aromatic nitrogens is 2. The highest BCUT2D eigenvalue weighted by Crippen LogP contribution is 2.29. The van der Waals surface area contributed by atoms with E-state index >= 15 is 0 Å². The van der Waals surface area contributed by atoms with Crippen molar-refractivity contribution in [2.24, 2.45) is 5.10 Å². The van der Waals surface area contributed by atoms with E-state index in [0.717, 1.165) is 43.1 Å². The number of thiazole rings is 1. The van der Waals surface area contributed by atoms with Gasteiger partial charge in [0.1, 0.15) is 0 Å². The van der Waals surface area contributed by atoms with Crippen molar-refractivity contribution in [2.75, 3.05) is 5.43 Å². The van der Waals surface area contributed by atoms with Crippen LogP contribution in [0, 0.1) is 13.8 Å². The number of hydrazone groups is 1. The maximum absolute atomic E-state index is 6.24. The second-order valence-electron chi connectivity index (χ2n) is 7.71. The first-order valence-electron chi connectivity index (χ1n) is 10.2. The summed E-state index contributed by atoms with van der Waals surface area (Å²) in [5.74, 6) is 0. The molecule has 3 aromatic carbocycles. The standard InChI is InChI=1S/C25H20Cl2N4S/c1-15-7-10-23-18(11-15)19(13-28-30-25-29-22-5-3-4-6-24(22)32-25)16(2)31(23)14-17-8-9-20(26)21(27)12-17/h3-13H,14H2,1-2H3,(H,29,30)/b28-13-. The fraction of sp³-hybridized carbons (Fsp3) is 0.120. The van der Waals surface area contributed by atoms with Gasteiger partial charge in [-0.3, -0.25) is 5.43 Å². The van der Waals surface area contributed by atoms with Crippen LogP contribution in [0.1, 0.15) is 22.4 Å². The Bertz CT molecular complexity index is 1450. The lowest BCUT2D eigenvalue weighted by Crippen LogP contribution is -2.02. The zero-order valence-electron chi connectivity index (χ0n) is 17.6. The van der Waals surface area contributed by atoms with Crippen molar-refractivity contribution in [3.63, 3.8) is 0 Å². The Hall–Kier alpha value is -2.86. The molecule has 0 fully saturated rings. The van der Waals surface area contributed by atoms with Crippen LogP contribution in [0.15, 0.2) is 65.8 Å². The molecule has 0 aliphatic heterocycles. The molecular weight excluding hydrogens is 459 g/mol. The number of para-hydroxylation sites is 1. The summed E-state index contributed by atoms with van der Waals surface area (Å²) >= 11 is 13.9. The minimum Gasteiger partial charge on any atom is -0.340 e. The first kappa shape index (κ1) is 21.0. The molecule has 0 atom stereocenters. The first-order valence-corrected chi connectivity index (χ1v) is 11.7. The quantitative estimate of drug-likeness (QED) is 0.208. The molecule has 0 saturated heterocycles. The molecule has 2 aromatic heterocycles. The van der Waals surface area contributed by atoms with Crippen LogP contribution in [0.2, 0.25) is 10.0 Å². The van der Waals surface area contributed by atoms with E-state index in [9.17, 15) is 0 Å². The molecule has 32 heavy (non-hydrogen) atoms. The third-order valence-corrected chi connectivity index (χ3v) is 7.18. The molecule has 0 saturated carbocycles. The number of aryl methyl sites for hydroxylation is 1. The molecular formula is C25H20Cl2N4S.